The first-order chi connectivity index (χ1) is 11.0. The third-order valence-corrected chi connectivity index (χ3v) is 6.35. The molecule has 1 aliphatic heterocycles. The molecular weight excluding hydrogens is 314 g/mol. The van der Waals surface area contributed by atoms with Crippen LogP contribution in [0.3, 0.4) is 0 Å². The van der Waals surface area contributed by atoms with Crippen molar-refractivity contribution in [3.63, 3.8) is 0 Å². The summed E-state index contributed by atoms with van der Waals surface area (Å²) in [6.07, 6.45) is 4.89. The van der Waals surface area contributed by atoms with Gasteiger partial charge in [-0.15, -0.1) is 0 Å². The van der Waals surface area contributed by atoms with Crippen LogP contribution in [-0.2, 0) is 15.4 Å². The first-order valence-corrected chi connectivity index (χ1v) is 10.1. The van der Waals surface area contributed by atoms with Crippen molar-refractivity contribution in [2.24, 2.45) is 0 Å². The second-order valence-corrected chi connectivity index (χ2v) is 8.41. The average Bonchev–Trinajstić information content (AvgIpc) is 3.03. The zero-order valence-corrected chi connectivity index (χ0v) is 14.5. The normalized spacial score (nSPS) is 19.7. The molecule has 2 aliphatic rings. The standard InChI is InChI=1S/C17H25NO4S/c1-2-11-23(19,20)18-13-17(7-3-4-8-17)14-5-6-15-16(12-14)22-10-9-21-15/h5-6,12,18H,2-4,7-11,13H2,1H3. The number of hydrogen-bond acceptors (Lipinski definition) is 4. The Morgan fingerprint density at radius 1 is 1.13 bits per heavy atom. The molecule has 128 valence electrons. The Hall–Kier alpha value is -1.27. The Morgan fingerprint density at radius 2 is 1.83 bits per heavy atom. The van der Waals surface area contributed by atoms with Gasteiger partial charge >= 0.3 is 0 Å². The molecule has 0 bridgehead atoms. The zero-order chi connectivity index (χ0) is 16.3. The Balaban J connectivity index is 1.83. The molecule has 0 aromatic heterocycles. The molecule has 1 saturated carbocycles. The van der Waals surface area contributed by atoms with Gasteiger partial charge in [0.1, 0.15) is 13.2 Å². The predicted octanol–water partition coefficient (Wildman–Crippen LogP) is 2.60. The predicted molar refractivity (Wildman–Crippen MR) is 89.7 cm³/mol. The third kappa shape index (κ3) is 3.63. The number of fused-ring (bicyclic) bond motifs is 1. The minimum absolute atomic E-state index is 0.128. The first kappa shape index (κ1) is 16.6. The van der Waals surface area contributed by atoms with Crippen molar-refractivity contribution in [3.8, 4) is 11.5 Å². The van der Waals surface area contributed by atoms with Crippen molar-refractivity contribution in [3.05, 3.63) is 23.8 Å². The highest BCUT2D eigenvalue weighted by Gasteiger charge is 2.37. The number of benzene rings is 1. The van der Waals surface area contributed by atoms with Crippen LogP contribution in [0.2, 0.25) is 0 Å². The summed E-state index contributed by atoms with van der Waals surface area (Å²) in [4.78, 5) is 0. The van der Waals surface area contributed by atoms with E-state index in [-0.39, 0.29) is 11.2 Å². The highest BCUT2D eigenvalue weighted by atomic mass is 32.2. The van der Waals surface area contributed by atoms with Crippen molar-refractivity contribution < 1.29 is 17.9 Å². The maximum Gasteiger partial charge on any atom is 0.211 e. The molecule has 0 radical (unpaired) electrons. The van der Waals surface area contributed by atoms with Gasteiger partial charge < -0.3 is 9.47 Å². The van der Waals surface area contributed by atoms with Crippen LogP contribution < -0.4 is 14.2 Å². The maximum atomic E-state index is 12.0. The second-order valence-electron chi connectivity index (χ2n) is 6.49. The van der Waals surface area contributed by atoms with E-state index in [4.69, 9.17) is 9.47 Å². The Morgan fingerprint density at radius 3 is 2.52 bits per heavy atom. The van der Waals surface area contributed by atoms with Gasteiger partial charge in [0.05, 0.1) is 5.75 Å². The van der Waals surface area contributed by atoms with Gasteiger partial charge in [0.2, 0.25) is 10.0 Å². The smallest absolute Gasteiger partial charge is 0.211 e. The molecule has 0 amide bonds. The van der Waals surface area contributed by atoms with E-state index in [1.165, 1.54) is 0 Å². The topological polar surface area (TPSA) is 64.6 Å². The molecule has 0 atom stereocenters. The van der Waals surface area contributed by atoms with Crippen molar-refractivity contribution in [2.45, 2.75) is 44.4 Å². The number of sulfonamides is 1. The van der Waals surface area contributed by atoms with Crippen molar-refractivity contribution in [1.29, 1.82) is 0 Å². The van der Waals surface area contributed by atoms with E-state index in [1.54, 1.807) is 0 Å². The quantitative estimate of drug-likeness (QED) is 0.865. The van der Waals surface area contributed by atoms with Crippen molar-refractivity contribution >= 4 is 10.0 Å². The minimum Gasteiger partial charge on any atom is -0.486 e. The molecular formula is C17H25NO4S. The van der Waals surface area contributed by atoms with Crippen LogP contribution in [0, 0.1) is 0 Å². The Labute approximate surface area is 138 Å². The summed E-state index contributed by atoms with van der Waals surface area (Å²) in [5, 5.41) is 0. The molecule has 0 spiro atoms. The first-order valence-electron chi connectivity index (χ1n) is 8.42. The fraction of sp³-hybridized carbons (Fsp3) is 0.647. The molecule has 1 N–H and O–H groups in total. The van der Waals surface area contributed by atoms with Gasteiger partial charge in [0.15, 0.2) is 11.5 Å². The van der Waals surface area contributed by atoms with E-state index >= 15 is 0 Å². The fourth-order valence-corrected chi connectivity index (χ4v) is 4.76. The largest absolute Gasteiger partial charge is 0.486 e. The number of ether oxygens (including phenoxy) is 2. The summed E-state index contributed by atoms with van der Waals surface area (Å²) in [5.74, 6) is 1.74. The lowest BCUT2D eigenvalue weighted by Gasteiger charge is -2.31. The van der Waals surface area contributed by atoms with Crippen LogP contribution in [0.25, 0.3) is 0 Å². The third-order valence-electron chi connectivity index (χ3n) is 4.82. The monoisotopic (exact) mass is 339 g/mol. The van der Waals surface area contributed by atoms with Crippen LogP contribution in [0.1, 0.15) is 44.6 Å². The Bertz CT molecular complexity index is 651. The molecule has 1 heterocycles. The van der Waals surface area contributed by atoms with E-state index in [9.17, 15) is 8.42 Å². The highest BCUT2D eigenvalue weighted by Crippen LogP contribution is 2.43. The minimum atomic E-state index is -3.19. The molecule has 3 rings (SSSR count). The van der Waals surface area contributed by atoms with E-state index in [0.29, 0.717) is 26.2 Å². The molecule has 0 saturated heterocycles. The van der Waals surface area contributed by atoms with Gasteiger partial charge in [0, 0.05) is 12.0 Å². The number of hydrogen-bond donors (Lipinski definition) is 1. The lowest BCUT2D eigenvalue weighted by atomic mass is 9.79. The molecule has 5 nitrogen and oxygen atoms in total. The summed E-state index contributed by atoms with van der Waals surface area (Å²) in [5.41, 5.74) is 1.02. The van der Waals surface area contributed by atoms with Crippen molar-refractivity contribution in [1.82, 2.24) is 4.72 Å². The van der Waals surface area contributed by atoms with Crippen molar-refractivity contribution in [2.75, 3.05) is 25.5 Å². The lowest BCUT2D eigenvalue weighted by molar-refractivity contribution is 0.171. The highest BCUT2D eigenvalue weighted by molar-refractivity contribution is 7.89. The van der Waals surface area contributed by atoms with Gasteiger partial charge in [0.25, 0.3) is 0 Å². The molecule has 23 heavy (non-hydrogen) atoms. The summed E-state index contributed by atoms with van der Waals surface area (Å²) in [7, 11) is -3.19. The summed E-state index contributed by atoms with van der Waals surface area (Å²) >= 11 is 0. The molecule has 1 aromatic rings. The molecule has 1 aromatic carbocycles. The molecule has 6 heteroatoms. The van der Waals surface area contributed by atoms with Gasteiger partial charge in [-0.1, -0.05) is 25.8 Å². The van der Waals surface area contributed by atoms with E-state index in [1.807, 2.05) is 19.1 Å². The number of rotatable bonds is 6. The van der Waals surface area contributed by atoms with Crippen LogP contribution in [-0.4, -0.2) is 33.9 Å². The SMILES string of the molecule is CCCS(=O)(=O)NCC1(c2ccc3c(c2)OCCO3)CCCC1. The maximum absolute atomic E-state index is 12.0. The Kier molecular flexibility index (Phi) is 4.82. The molecule has 1 aliphatic carbocycles. The van der Waals surface area contributed by atoms with Crippen LogP contribution in [0.5, 0.6) is 11.5 Å². The van der Waals surface area contributed by atoms with E-state index in [2.05, 4.69) is 10.8 Å². The zero-order valence-electron chi connectivity index (χ0n) is 13.6. The van der Waals surface area contributed by atoms with Gasteiger partial charge in [-0.3, -0.25) is 0 Å². The molecule has 0 unspecified atom stereocenters. The summed E-state index contributed by atoms with van der Waals surface area (Å²) in [6, 6.07) is 6.05. The van der Waals surface area contributed by atoms with Crippen LogP contribution in [0.4, 0.5) is 0 Å². The lowest BCUT2D eigenvalue weighted by Crippen LogP contribution is -2.39. The van der Waals surface area contributed by atoms with E-state index < -0.39 is 10.0 Å². The summed E-state index contributed by atoms with van der Waals surface area (Å²) in [6.45, 7) is 3.49. The number of nitrogens with one attached hydrogen (secondary N) is 1. The second kappa shape index (κ2) is 6.69. The molecule has 1 fully saturated rings. The fourth-order valence-electron chi connectivity index (χ4n) is 3.58. The van der Waals surface area contributed by atoms with Gasteiger partial charge in [-0.05, 0) is 37.0 Å². The van der Waals surface area contributed by atoms with Crippen LogP contribution in [0.15, 0.2) is 18.2 Å². The van der Waals surface area contributed by atoms with E-state index in [0.717, 1.165) is 42.7 Å². The average molecular weight is 339 g/mol. The van der Waals surface area contributed by atoms with Gasteiger partial charge in [-0.2, -0.15) is 0 Å². The summed E-state index contributed by atoms with van der Waals surface area (Å²) < 4.78 is 38.2. The van der Waals surface area contributed by atoms with Crippen LogP contribution >= 0.6 is 0 Å². The van der Waals surface area contributed by atoms with Gasteiger partial charge in [-0.25, -0.2) is 13.1 Å².